The van der Waals surface area contributed by atoms with E-state index in [1.807, 2.05) is 24.4 Å². The van der Waals surface area contributed by atoms with Gasteiger partial charge >= 0.3 is 0 Å². The van der Waals surface area contributed by atoms with Gasteiger partial charge in [-0.05, 0) is 12.5 Å². The molecular formula is C13H20NO+. The van der Waals surface area contributed by atoms with Crippen LogP contribution in [0.2, 0.25) is 0 Å². The molecule has 0 aliphatic carbocycles. The van der Waals surface area contributed by atoms with E-state index in [2.05, 4.69) is 11.5 Å². The van der Waals surface area contributed by atoms with Crippen LogP contribution in [0.3, 0.4) is 0 Å². The summed E-state index contributed by atoms with van der Waals surface area (Å²) in [4.78, 5) is 11.3. The molecule has 0 saturated carbocycles. The van der Waals surface area contributed by atoms with Gasteiger partial charge in [-0.25, -0.2) is 0 Å². The van der Waals surface area contributed by atoms with Gasteiger partial charge in [0.05, 0.1) is 0 Å². The highest BCUT2D eigenvalue weighted by molar-refractivity contribution is 5.90. The van der Waals surface area contributed by atoms with Crippen LogP contribution in [0.4, 0.5) is 0 Å². The van der Waals surface area contributed by atoms with E-state index in [0.29, 0.717) is 0 Å². The molecule has 1 rings (SSSR count). The van der Waals surface area contributed by atoms with Crippen molar-refractivity contribution in [2.45, 2.75) is 46.1 Å². The SMILES string of the molecule is CCCCCC[n+]1ccccc1C(C)=O. The monoisotopic (exact) mass is 206 g/mol. The topological polar surface area (TPSA) is 20.9 Å². The lowest BCUT2D eigenvalue weighted by Crippen LogP contribution is -2.39. The largest absolute Gasteiger partial charge is 0.288 e. The summed E-state index contributed by atoms with van der Waals surface area (Å²) >= 11 is 0. The third-order valence-corrected chi connectivity index (χ3v) is 2.55. The zero-order valence-corrected chi connectivity index (χ0v) is 9.70. The average Bonchev–Trinajstić information content (AvgIpc) is 2.25. The maximum absolute atomic E-state index is 11.3. The molecule has 0 atom stereocenters. The molecule has 0 fully saturated rings. The number of carbonyl (C=O) groups excluding carboxylic acids is 1. The number of pyridine rings is 1. The van der Waals surface area contributed by atoms with Crippen LogP contribution in [0, 0.1) is 0 Å². The van der Waals surface area contributed by atoms with Gasteiger partial charge in [-0.2, -0.15) is 4.57 Å². The molecule has 0 radical (unpaired) electrons. The number of Topliss-reactive ketones (excluding diaryl/α,β-unsaturated/α-hetero) is 1. The Bertz CT molecular complexity index is 320. The molecule has 0 aromatic carbocycles. The number of aromatic nitrogens is 1. The Hall–Kier alpha value is -1.18. The zero-order chi connectivity index (χ0) is 11.1. The van der Waals surface area contributed by atoms with E-state index < -0.39 is 0 Å². The van der Waals surface area contributed by atoms with Crippen LogP contribution >= 0.6 is 0 Å². The van der Waals surface area contributed by atoms with Crippen molar-refractivity contribution in [2.24, 2.45) is 0 Å². The molecule has 0 bridgehead atoms. The van der Waals surface area contributed by atoms with E-state index >= 15 is 0 Å². The summed E-state index contributed by atoms with van der Waals surface area (Å²) in [7, 11) is 0. The third kappa shape index (κ3) is 3.82. The van der Waals surface area contributed by atoms with Crippen LogP contribution in [0.15, 0.2) is 24.4 Å². The molecule has 1 aromatic rings. The fourth-order valence-electron chi connectivity index (χ4n) is 1.70. The number of unbranched alkanes of at least 4 members (excludes halogenated alkanes) is 3. The first-order chi connectivity index (χ1) is 7.25. The van der Waals surface area contributed by atoms with E-state index in [0.717, 1.165) is 18.7 Å². The number of ketones is 1. The number of nitrogens with zero attached hydrogens (tertiary/aromatic N) is 1. The van der Waals surface area contributed by atoms with Crippen molar-refractivity contribution < 1.29 is 9.36 Å². The maximum atomic E-state index is 11.3. The van der Waals surface area contributed by atoms with Gasteiger partial charge in [-0.15, -0.1) is 0 Å². The fraction of sp³-hybridized carbons (Fsp3) is 0.538. The van der Waals surface area contributed by atoms with E-state index in [9.17, 15) is 4.79 Å². The minimum Gasteiger partial charge on any atom is -0.288 e. The Balaban J connectivity index is 2.56. The molecule has 0 unspecified atom stereocenters. The molecule has 0 aliphatic heterocycles. The van der Waals surface area contributed by atoms with Crippen LogP contribution in [0.1, 0.15) is 50.0 Å². The Morgan fingerprint density at radius 2 is 2.07 bits per heavy atom. The Kier molecular flexibility index (Phi) is 5.02. The summed E-state index contributed by atoms with van der Waals surface area (Å²) in [5.41, 5.74) is 0.814. The fourth-order valence-corrected chi connectivity index (χ4v) is 1.70. The van der Waals surface area contributed by atoms with Crippen LogP contribution in [-0.4, -0.2) is 5.78 Å². The molecule has 1 aromatic heterocycles. The van der Waals surface area contributed by atoms with Gasteiger partial charge in [0.2, 0.25) is 11.5 Å². The van der Waals surface area contributed by atoms with Crippen molar-refractivity contribution in [1.82, 2.24) is 0 Å². The number of aryl methyl sites for hydroxylation is 1. The summed E-state index contributed by atoms with van der Waals surface area (Å²) in [5.74, 6) is 0.145. The summed E-state index contributed by atoms with van der Waals surface area (Å²) in [6, 6.07) is 5.79. The molecule has 0 spiro atoms. The molecule has 2 nitrogen and oxygen atoms in total. The van der Waals surface area contributed by atoms with Crippen molar-refractivity contribution in [3.63, 3.8) is 0 Å². The molecule has 15 heavy (non-hydrogen) atoms. The molecule has 0 aliphatic rings. The first-order valence-corrected chi connectivity index (χ1v) is 5.75. The first-order valence-electron chi connectivity index (χ1n) is 5.75. The Labute approximate surface area is 91.9 Å². The van der Waals surface area contributed by atoms with Crippen molar-refractivity contribution in [3.05, 3.63) is 30.1 Å². The van der Waals surface area contributed by atoms with Crippen molar-refractivity contribution in [3.8, 4) is 0 Å². The van der Waals surface area contributed by atoms with Gasteiger partial charge < -0.3 is 0 Å². The highest BCUT2D eigenvalue weighted by Crippen LogP contribution is 2.00. The Morgan fingerprint density at radius 3 is 2.73 bits per heavy atom. The lowest BCUT2D eigenvalue weighted by molar-refractivity contribution is -0.699. The number of carbonyl (C=O) groups is 1. The Morgan fingerprint density at radius 1 is 1.27 bits per heavy atom. The van der Waals surface area contributed by atoms with Crippen LogP contribution in [0.25, 0.3) is 0 Å². The second-order valence-electron chi connectivity index (χ2n) is 3.90. The van der Waals surface area contributed by atoms with E-state index in [4.69, 9.17) is 0 Å². The van der Waals surface area contributed by atoms with E-state index in [1.54, 1.807) is 6.92 Å². The summed E-state index contributed by atoms with van der Waals surface area (Å²) in [6.45, 7) is 4.78. The minimum absolute atomic E-state index is 0.145. The minimum atomic E-state index is 0.145. The molecule has 2 heteroatoms. The highest BCUT2D eigenvalue weighted by atomic mass is 16.1. The smallest absolute Gasteiger partial charge is 0.248 e. The second kappa shape index (κ2) is 6.33. The predicted molar refractivity (Wildman–Crippen MR) is 60.8 cm³/mol. The maximum Gasteiger partial charge on any atom is 0.248 e. The van der Waals surface area contributed by atoms with Crippen LogP contribution < -0.4 is 4.57 Å². The predicted octanol–water partition coefficient (Wildman–Crippen LogP) is 2.76. The molecular weight excluding hydrogens is 186 g/mol. The lowest BCUT2D eigenvalue weighted by atomic mass is 10.2. The van der Waals surface area contributed by atoms with Gasteiger partial charge in [0.15, 0.2) is 6.20 Å². The van der Waals surface area contributed by atoms with Crippen molar-refractivity contribution in [1.29, 1.82) is 0 Å². The van der Waals surface area contributed by atoms with Gasteiger partial charge in [-0.1, -0.05) is 19.8 Å². The molecule has 82 valence electrons. The van der Waals surface area contributed by atoms with Gasteiger partial charge in [0, 0.05) is 25.5 Å². The summed E-state index contributed by atoms with van der Waals surface area (Å²) in [5, 5.41) is 0. The highest BCUT2D eigenvalue weighted by Gasteiger charge is 2.12. The molecule has 0 N–H and O–H groups in total. The van der Waals surface area contributed by atoms with Gasteiger partial charge in [0.1, 0.15) is 6.54 Å². The van der Waals surface area contributed by atoms with Gasteiger partial charge in [0.25, 0.3) is 0 Å². The summed E-state index contributed by atoms with van der Waals surface area (Å²) < 4.78 is 2.05. The molecule has 0 saturated heterocycles. The first kappa shape index (κ1) is 11.9. The van der Waals surface area contributed by atoms with Crippen molar-refractivity contribution >= 4 is 5.78 Å². The van der Waals surface area contributed by atoms with E-state index in [-0.39, 0.29) is 5.78 Å². The molecule has 1 heterocycles. The van der Waals surface area contributed by atoms with Crippen molar-refractivity contribution in [2.75, 3.05) is 0 Å². The summed E-state index contributed by atoms with van der Waals surface area (Å²) in [6.07, 6.45) is 6.92. The molecule has 0 amide bonds. The van der Waals surface area contributed by atoms with Crippen LogP contribution in [-0.2, 0) is 6.54 Å². The lowest BCUT2D eigenvalue weighted by Gasteiger charge is -2.00. The number of rotatable bonds is 6. The average molecular weight is 206 g/mol. The third-order valence-electron chi connectivity index (χ3n) is 2.55. The number of hydrogen-bond donors (Lipinski definition) is 0. The second-order valence-corrected chi connectivity index (χ2v) is 3.90. The van der Waals surface area contributed by atoms with Gasteiger partial charge in [-0.3, -0.25) is 4.79 Å². The van der Waals surface area contributed by atoms with Crippen LogP contribution in [0.5, 0.6) is 0 Å². The quantitative estimate of drug-likeness (QED) is 0.398. The number of hydrogen-bond acceptors (Lipinski definition) is 1. The zero-order valence-electron chi connectivity index (χ0n) is 9.70. The normalized spacial score (nSPS) is 10.3. The van der Waals surface area contributed by atoms with E-state index in [1.165, 1.54) is 19.3 Å². The standard InChI is InChI=1S/C13H20NO/c1-3-4-5-7-10-14-11-8-6-9-13(14)12(2)15/h6,8-9,11H,3-5,7,10H2,1-2H3/q+1.